The van der Waals surface area contributed by atoms with E-state index >= 15 is 0 Å². The van der Waals surface area contributed by atoms with Crippen molar-refractivity contribution in [1.29, 1.82) is 0 Å². The number of hydrogen-bond donors (Lipinski definition) is 6. The van der Waals surface area contributed by atoms with E-state index < -0.39 is 60.7 Å². The smallest absolute Gasteiger partial charge is 0.322 e. The highest BCUT2D eigenvalue weighted by Crippen LogP contribution is 2.04. The summed E-state index contributed by atoms with van der Waals surface area (Å²) in [4.78, 5) is 58.7. The van der Waals surface area contributed by atoms with Crippen LogP contribution in [0.5, 0.6) is 0 Å². The van der Waals surface area contributed by atoms with Crippen LogP contribution in [-0.4, -0.2) is 71.4 Å². The zero-order valence-corrected chi connectivity index (χ0v) is 17.0. The average molecular weight is 420 g/mol. The van der Waals surface area contributed by atoms with Gasteiger partial charge in [0.1, 0.15) is 18.6 Å². The third-order valence-corrected chi connectivity index (χ3v) is 4.36. The first-order valence-electron chi connectivity index (χ1n) is 8.62. The number of nitrogens with two attached hydrogens (primary N) is 2. The number of rotatable bonds is 13. The van der Waals surface area contributed by atoms with E-state index in [-0.39, 0.29) is 12.3 Å². The maximum atomic E-state index is 12.5. The highest BCUT2D eigenvalue weighted by Gasteiger charge is 2.29. The van der Waals surface area contributed by atoms with Crippen LogP contribution in [0.3, 0.4) is 0 Å². The molecular formula is C16H29N5O6S. The third kappa shape index (κ3) is 10.1. The number of nitrogens with one attached hydrogen (secondary N) is 3. The molecule has 0 saturated carbocycles. The summed E-state index contributed by atoms with van der Waals surface area (Å²) in [5.74, 6) is -3.86. The van der Waals surface area contributed by atoms with Crippen molar-refractivity contribution < 1.29 is 29.1 Å². The molecule has 11 nitrogen and oxygen atoms in total. The van der Waals surface area contributed by atoms with Crippen molar-refractivity contribution >= 4 is 41.4 Å². The largest absolute Gasteiger partial charge is 0.480 e. The number of amides is 4. The van der Waals surface area contributed by atoms with Crippen LogP contribution in [0.2, 0.25) is 0 Å². The molecule has 0 aromatic carbocycles. The van der Waals surface area contributed by atoms with Crippen LogP contribution in [0.25, 0.3) is 0 Å². The number of thioether (sulfide) groups is 1. The van der Waals surface area contributed by atoms with Crippen molar-refractivity contribution in [3.63, 3.8) is 0 Å². The van der Waals surface area contributed by atoms with Crippen molar-refractivity contribution in [3.8, 4) is 0 Å². The Morgan fingerprint density at radius 3 is 2.04 bits per heavy atom. The molecular weight excluding hydrogens is 390 g/mol. The second-order valence-electron chi connectivity index (χ2n) is 6.46. The van der Waals surface area contributed by atoms with Gasteiger partial charge in [0.2, 0.25) is 23.6 Å². The molecule has 3 atom stereocenters. The van der Waals surface area contributed by atoms with E-state index in [1.165, 1.54) is 11.8 Å². The van der Waals surface area contributed by atoms with Gasteiger partial charge in [-0.05, 0) is 24.3 Å². The molecule has 0 aliphatic heterocycles. The molecule has 4 amide bonds. The summed E-state index contributed by atoms with van der Waals surface area (Å²) >= 11 is 1.43. The van der Waals surface area contributed by atoms with E-state index in [0.717, 1.165) is 0 Å². The van der Waals surface area contributed by atoms with Gasteiger partial charge in [-0.25, -0.2) is 0 Å². The molecule has 0 bridgehead atoms. The average Bonchev–Trinajstić information content (AvgIpc) is 2.60. The van der Waals surface area contributed by atoms with E-state index in [2.05, 4.69) is 16.0 Å². The van der Waals surface area contributed by atoms with Crippen molar-refractivity contribution in [2.24, 2.45) is 17.4 Å². The Kier molecular flexibility index (Phi) is 11.9. The summed E-state index contributed by atoms with van der Waals surface area (Å²) in [5, 5.41) is 15.7. The fraction of sp³-hybridized carbons (Fsp3) is 0.688. The van der Waals surface area contributed by atoms with E-state index in [0.29, 0.717) is 5.75 Å². The molecule has 160 valence electrons. The Hall–Kier alpha value is -2.34. The van der Waals surface area contributed by atoms with Crippen LogP contribution in [0, 0.1) is 5.92 Å². The molecule has 0 rings (SSSR count). The van der Waals surface area contributed by atoms with Crippen LogP contribution in [0.4, 0.5) is 0 Å². The quantitative estimate of drug-likeness (QED) is 0.193. The topological polar surface area (TPSA) is 194 Å². The first kappa shape index (κ1) is 25.7. The Morgan fingerprint density at radius 2 is 1.57 bits per heavy atom. The van der Waals surface area contributed by atoms with Crippen LogP contribution in [0.15, 0.2) is 0 Å². The predicted molar refractivity (Wildman–Crippen MR) is 104 cm³/mol. The van der Waals surface area contributed by atoms with Gasteiger partial charge in [-0.1, -0.05) is 13.8 Å². The molecule has 0 radical (unpaired) electrons. The minimum Gasteiger partial charge on any atom is -0.480 e. The summed E-state index contributed by atoms with van der Waals surface area (Å²) in [6.07, 6.45) is 1.55. The van der Waals surface area contributed by atoms with E-state index in [1.54, 1.807) is 20.1 Å². The lowest BCUT2D eigenvalue weighted by atomic mass is 10.0. The normalized spacial score (nSPS) is 13.9. The lowest BCUT2D eigenvalue weighted by molar-refractivity contribution is -0.138. The van der Waals surface area contributed by atoms with Crippen LogP contribution in [-0.2, 0) is 24.0 Å². The standard InChI is InChI=1S/C16H29N5O6S/c1-8(2)13(18)16(27)21-10(6-11(17)22)15(26)20-9(4-5-28-3)14(25)19-7-12(23)24/h8-10,13H,4-7,18H2,1-3H3,(H2,17,22)(H,19,25)(H,20,26)(H,21,27)(H,23,24). The Balaban J connectivity index is 5.22. The number of carbonyl (C=O) groups excluding carboxylic acids is 4. The zero-order valence-electron chi connectivity index (χ0n) is 16.2. The van der Waals surface area contributed by atoms with Gasteiger partial charge in [-0.3, -0.25) is 24.0 Å². The maximum Gasteiger partial charge on any atom is 0.322 e. The molecule has 3 unspecified atom stereocenters. The lowest BCUT2D eigenvalue weighted by Gasteiger charge is -2.24. The van der Waals surface area contributed by atoms with Crippen LogP contribution in [0.1, 0.15) is 26.7 Å². The van der Waals surface area contributed by atoms with E-state index in [4.69, 9.17) is 16.6 Å². The molecule has 0 fully saturated rings. The minimum absolute atomic E-state index is 0.201. The Labute approximate surface area is 167 Å². The number of carboxylic acid groups (broad SMARTS) is 1. The van der Waals surface area contributed by atoms with Gasteiger partial charge in [0.05, 0.1) is 12.5 Å². The van der Waals surface area contributed by atoms with Crippen molar-refractivity contribution in [3.05, 3.63) is 0 Å². The van der Waals surface area contributed by atoms with Gasteiger partial charge in [0.15, 0.2) is 0 Å². The highest BCUT2D eigenvalue weighted by atomic mass is 32.2. The first-order chi connectivity index (χ1) is 13.0. The maximum absolute atomic E-state index is 12.5. The molecule has 0 spiro atoms. The van der Waals surface area contributed by atoms with Crippen molar-refractivity contribution in [2.45, 2.75) is 44.8 Å². The fourth-order valence-electron chi connectivity index (χ4n) is 2.04. The van der Waals surface area contributed by atoms with Gasteiger partial charge < -0.3 is 32.5 Å². The first-order valence-corrected chi connectivity index (χ1v) is 10.0. The van der Waals surface area contributed by atoms with E-state index in [9.17, 15) is 24.0 Å². The van der Waals surface area contributed by atoms with Gasteiger partial charge in [-0.2, -0.15) is 11.8 Å². The summed E-state index contributed by atoms with van der Waals surface area (Å²) in [6, 6.07) is -3.24. The predicted octanol–water partition coefficient (Wildman–Crippen LogP) is -2.23. The second-order valence-corrected chi connectivity index (χ2v) is 7.44. The molecule has 0 aliphatic carbocycles. The molecule has 0 aromatic heterocycles. The molecule has 12 heteroatoms. The molecule has 0 saturated heterocycles. The Morgan fingerprint density at radius 1 is 1.00 bits per heavy atom. The monoisotopic (exact) mass is 419 g/mol. The minimum atomic E-state index is -1.31. The van der Waals surface area contributed by atoms with E-state index in [1.807, 2.05) is 0 Å². The van der Waals surface area contributed by atoms with Crippen LogP contribution >= 0.6 is 11.8 Å². The SMILES string of the molecule is CSCCC(NC(=O)C(CC(N)=O)NC(=O)C(N)C(C)C)C(=O)NCC(=O)O. The Bertz CT molecular complexity index is 586. The number of aliphatic carboxylic acids is 1. The van der Waals surface area contributed by atoms with Gasteiger partial charge in [-0.15, -0.1) is 0 Å². The molecule has 0 aromatic rings. The summed E-state index contributed by atoms with van der Waals surface area (Å²) < 4.78 is 0. The number of primary amides is 1. The van der Waals surface area contributed by atoms with Gasteiger partial charge in [0, 0.05) is 0 Å². The molecule has 0 aliphatic rings. The lowest BCUT2D eigenvalue weighted by Crippen LogP contribution is -2.57. The van der Waals surface area contributed by atoms with Gasteiger partial charge >= 0.3 is 5.97 Å². The van der Waals surface area contributed by atoms with Crippen molar-refractivity contribution in [2.75, 3.05) is 18.6 Å². The number of carboxylic acids is 1. The highest BCUT2D eigenvalue weighted by molar-refractivity contribution is 7.98. The summed E-state index contributed by atoms with van der Waals surface area (Å²) in [7, 11) is 0. The third-order valence-electron chi connectivity index (χ3n) is 3.72. The fourth-order valence-corrected chi connectivity index (χ4v) is 2.52. The second kappa shape index (κ2) is 12.9. The number of carbonyl (C=O) groups is 5. The van der Waals surface area contributed by atoms with Gasteiger partial charge in [0.25, 0.3) is 0 Å². The number of hydrogen-bond acceptors (Lipinski definition) is 7. The zero-order chi connectivity index (χ0) is 21.9. The summed E-state index contributed by atoms with van der Waals surface area (Å²) in [5.41, 5.74) is 10.9. The summed E-state index contributed by atoms with van der Waals surface area (Å²) in [6.45, 7) is 2.84. The molecule has 0 heterocycles. The van der Waals surface area contributed by atoms with Crippen LogP contribution < -0.4 is 27.4 Å². The molecule has 8 N–H and O–H groups in total. The van der Waals surface area contributed by atoms with Crippen molar-refractivity contribution in [1.82, 2.24) is 16.0 Å². The molecule has 28 heavy (non-hydrogen) atoms.